The predicted molar refractivity (Wildman–Crippen MR) is 66.3 cm³/mol. The number of ketones is 1. The Hall–Kier alpha value is -2.37. The van der Waals surface area contributed by atoms with E-state index in [2.05, 4.69) is 4.74 Å². The summed E-state index contributed by atoms with van der Waals surface area (Å²) in [5.74, 6) is -1.36. The van der Waals surface area contributed by atoms with Gasteiger partial charge in [-0.2, -0.15) is 0 Å². The number of hydrogen-bond donors (Lipinski definition) is 0. The molecule has 0 saturated carbocycles. The average molecular weight is 263 g/mol. The minimum Gasteiger partial charge on any atom is -0.482 e. The highest BCUT2D eigenvalue weighted by Crippen LogP contribution is 2.32. The summed E-state index contributed by atoms with van der Waals surface area (Å²) >= 11 is 0. The van der Waals surface area contributed by atoms with Gasteiger partial charge in [-0.05, 0) is 25.1 Å². The second-order valence-corrected chi connectivity index (χ2v) is 3.97. The first-order valence-electron chi connectivity index (χ1n) is 5.79. The molecule has 0 aromatic heterocycles. The highest BCUT2D eigenvalue weighted by molar-refractivity contribution is 6.40. The van der Waals surface area contributed by atoms with E-state index in [-0.39, 0.29) is 24.7 Å². The Morgan fingerprint density at radius 1 is 1.42 bits per heavy atom. The van der Waals surface area contributed by atoms with Crippen LogP contribution in [0.3, 0.4) is 0 Å². The number of fused-ring (bicyclic) bond motifs is 1. The van der Waals surface area contributed by atoms with E-state index in [1.54, 1.807) is 20.0 Å². The molecule has 0 radical (unpaired) electrons. The van der Waals surface area contributed by atoms with Gasteiger partial charge in [0, 0.05) is 12.6 Å². The molecule has 0 N–H and O–H groups in total. The first-order valence-corrected chi connectivity index (χ1v) is 5.79. The molecule has 0 fully saturated rings. The number of nitrogens with zero attached hydrogens (tertiary/aromatic N) is 1. The van der Waals surface area contributed by atoms with Crippen LogP contribution in [0.15, 0.2) is 18.2 Å². The van der Waals surface area contributed by atoms with Gasteiger partial charge in [0.1, 0.15) is 5.75 Å². The van der Waals surface area contributed by atoms with E-state index in [0.29, 0.717) is 11.4 Å². The zero-order valence-electron chi connectivity index (χ0n) is 10.6. The molecule has 6 nitrogen and oxygen atoms in total. The van der Waals surface area contributed by atoms with Crippen molar-refractivity contribution in [2.24, 2.45) is 0 Å². The fraction of sp³-hybridized carbons (Fsp3) is 0.308. The van der Waals surface area contributed by atoms with Gasteiger partial charge in [0.2, 0.25) is 0 Å². The first-order chi connectivity index (χ1) is 9.04. The largest absolute Gasteiger partial charge is 0.482 e. The first kappa shape index (κ1) is 13.1. The fourth-order valence-corrected chi connectivity index (χ4v) is 1.73. The van der Waals surface area contributed by atoms with Crippen molar-refractivity contribution in [3.63, 3.8) is 0 Å². The molecule has 0 atom stereocenters. The Morgan fingerprint density at radius 2 is 2.16 bits per heavy atom. The standard InChI is InChI=1S/C13H13NO5/c1-3-18-13(17)12(16)8-4-5-10-9(6-8)14(2)11(15)7-19-10/h4-6H,3,7H2,1-2H3. The second-order valence-electron chi connectivity index (χ2n) is 3.97. The minimum atomic E-state index is -0.909. The van der Waals surface area contributed by atoms with Gasteiger partial charge in [-0.3, -0.25) is 9.59 Å². The van der Waals surface area contributed by atoms with E-state index in [1.807, 2.05) is 0 Å². The summed E-state index contributed by atoms with van der Waals surface area (Å²) in [6, 6.07) is 4.48. The van der Waals surface area contributed by atoms with Crippen molar-refractivity contribution in [2.75, 3.05) is 25.2 Å². The molecule has 1 aromatic rings. The van der Waals surface area contributed by atoms with Gasteiger partial charge in [0.25, 0.3) is 11.7 Å². The van der Waals surface area contributed by atoms with Crippen LogP contribution in [-0.2, 0) is 14.3 Å². The number of likely N-dealkylation sites (N-methyl/N-ethyl adjacent to an activating group) is 1. The third kappa shape index (κ3) is 2.42. The van der Waals surface area contributed by atoms with Crippen LogP contribution >= 0.6 is 0 Å². The third-order valence-corrected chi connectivity index (χ3v) is 2.77. The maximum absolute atomic E-state index is 11.8. The Morgan fingerprint density at radius 3 is 2.84 bits per heavy atom. The van der Waals surface area contributed by atoms with Crippen LogP contribution in [0.2, 0.25) is 0 Å². The lowest BCUT2D eigenvalue weighted by atomic mass is 10.1. The molecule has 0 aliphatic carbocycles. The van der Waals surface area contributed by atoms with Crippen LogP contribution in [0.1, 0.15) is 17.3 Å². The number of carbonyl (C=O) groups is 3. The van der Waals surface area contributed by atoms with E-state index >= 15 is 0 Å². The number of hydrogen-bond acceptors (Lipinski definition) is 5. The van der Waals surface area contributed by atoms with Crippen LogP contribution in [0.5, 0.6) is 5.75 Å². The lowest BCUT2D eigenvalue weighted by Crippen LogP contribution is -2.35. The minimum absolute atomic E-state index is 0.0331. The molecule has 1 aliphatic rings. The van der Waals surface area contributed by atoms with Gasteiger partial charge in [-0.15, -0.1) is 0 Å². The topological polar surface area (TPSA) is 72.9 Å². The molecule has 1 aliphatic heterocycles. The molecule has 6 heteroatoms. The highest BCUT2D eigenvalue weighted by Gasteiger charge is 2.25. The molecule has 1 amide bonds. The second kappa shape index (κ2) is 5.09. The lowest BCUT2D eigenvalue weighted by Gasteiger charge is -2.26. The predicted octanol–water partition coefficient (Wildman–Crippen LogP) is 0.788. The van der Waals surface area contributed by atoms with E-state index in [0.717, 1.165) is 0 Å². The molecule has 1 heterocycles. The summed E-state index contributed by atoms with van der Waals surface area (Å²) in [7, 11) is 1.59. The number of rotatable bonds is 3. The normalized spacial score (nSPS) is 13.6. The number of ether oxygens (including phenoxy) is 2. The number of Topliss-reactive ketones (excluding diaryl/α,β-unsaturated/α-hetero) is 1. The number of carbonyl (C=O) groups excluding carboxylic acids is 3. The zero-order valence-corrected chi connectivity index (χ0v) is 10.6. The summed E-state index contributed by atoms with van der Waals surface area (Å²) in [4.78, 5) is 36.1. The molecule has 0 bridgehead atoms. The maximum Gasteiger partial charge on any atom is 0.379 e. The van der Waals surface area contributed by atoms with Crippen molar-refractivity contribution in [3.05, 3.63) is 23.8 Å². The zero-order chi connectivity index (χ0) is 14.0. The van der Waals surface area contributed by atoms with Gasteiger partial charge in [0.15, 0.2) is 6.61 Å². The number of esters is 1. The van der Waals surface area contributed by atoms with Gasteiger partial charge in [-0.1, -0.05) is 0 Å². The molecular formula is C13H13NO5. The van der Waals surface area contributed by atoms with Crippen LogP contribution in [-0.4, -0.2) is 37.9 Å². The fourth-order valence-electron chi connectivity index (χ4n) is 1.73. The van der Waals surface area contributed by atoms with Crippen molar-refractivity contribution in [1.82, 2.24) is 0 Å². The maximum atomic E-state index is 11.8. The molecule has 0 saturated heterocycles. The molecule has 100 valence electrons. The van der Waals surface area contributed by atoms with Crippen LogP contribution in [0.4, 0.5) is 5.69 Å². The molecule has 1 aromatic carbocycles. The summed E-state index contributed by atoms with van der Waals surface area (Å²) in [6.45, 7) is 1.73. The summed E-state index contributed by atoms with van der Waals surface area (Å²) in [5, 5.41) is 0. The van der Waals surface area contributed by atoms with E-state index in [9.17, 15) is 14.4 Å². The SMILES string of the molecule is CCOC(=O)C(=O)c1ccc2c(c1)N(C)C(=O)CO2. The van der Waals surface area contributed by atoms with Crippen LogP contribution in [0, 0.1) is 0 Å². The lowest BCUT2D eigenvalue weighted by molar-refractivity contribution is -0.137. The van der Waals surface area contributed by atoms with Gasteiger partial charge < -0.3 is 14.4 Å². The average Bonchev–Trinajstić information content (AvgIpc) is 2.42. The summed E-state index contributed by atoms with van der Waals surface area (Å²) < 4.78 is 9.88. The monoisotopic (exact) mass is 263 g/mol. The third-order valence-electron chi connectivity index (χ3n) is 2.77. The van der Waals surface area contributed by atoms with Crippen molar-refractivity contribution in [2.45, 2.75) is 6.92 Å². The van der Waals surface area contributed by atoms with Gasteiger partial charge in [0.05, 0.1) is 12.3 Å². The Kier molecular flexibility index (Phi) is 3.50. The quantitative estimate of drug-likeness (QED) is 0.458. The van der Waals surface area contributed by atoms with Crippen molar-refractivity contribution in [1.29, 1.82) is 0 Å². The van der Waals surface area contributed by atoms with Crippen molar-refractivity contribution in [3.8, 4) is 5.75 Å². The molecule has 2 rings (SSSR count). The number of anilines is 1. The Labute approximate surface area is 109 Å². The number of benzene rings is 1. The van der Waals surface area contributed by atoms with Gasteiger partial charge >= 0.3 is 5.97 Å². The van der Waals surface area contributed by atoms with E-state index < -0.39 is 11.8 Å². The smallest absolute Gasteiger partial charge is 0.379 e. The van der Waals surface area contributed by atoms with Crippen LogP contribution < -0.4 is 9.64 Å². The molecule has 19 heavy (non-hydrogen) atoms. The Balaban J connectivity index is 2.33. The van der Waals surface area contributed by atoms with Gasteiger partial charge in [-0.25, -0.2) is 4.79 Å². The highest BCUT2D eigenvalue weighted by atomic mass is 16.5. The van der Waals surface area contributed by atoms with E-state index in [4.69, 9.17) is 4.74 Å². The molecule has 0 unspecified atom stereocenters. The Bertz CT molecular complexity index is 552. The summed E-state index contributed by atoms with van der Waals surface area (Å²) in [6.07, 6.45) is 0. The van der Waals surface area contributed by atoms with Crippen LogP contribution in [0.25, 0.3) is 0 Å². The number of amides is 1. The molecular weight excluding hydrogens is 250 g/mol. The van der Waals surface area contributed by atoms with E-state index in [1.165, 1.54) is 17.0 Å². The van der Waals surface area contributed by atoms with Crippen molar-refractivity contribution >= 4 is 23.3 Å². The molecule has 0 spiro atoms. The van der Waals surface area contributed by atoms with Crippen molar-refractivity contribution < 1.29 is 23.9 Å². The summed E-state index contributed by atoms with van der Waals surface area (Å²) in [5.41, 5.74) is 0.633.